The molecule has 142 valence electrons. The molecule has 0 radical (unpaired) electrons. The topological polar surface area (TPSA) is 96.8 Å². The first-order chi connectivity index (χ1) is 13.5. The monoisotopic (exact) mass is 440 g/mol. The van der Waals surface area contributed by atoms with Gasteiger partial charge in [0.1, 0.15) is 6.07 Å². The molecule has 0 spiro atoms. The number of rotatable bonds is 2. The zero-order valence-corrected chi connectivity index (χ0v) is 16.8. The van der Waals surface area contributed by atoms with Crippen molar-refractivity contribution >= 4 is 32.9 Å². The molecule has 1 aromatic carbocycles. The van der Waals surface area contributed by atoms with Gasteiger partial charge in [-0.3, -0.25) is 14.2 Å². The van der Waals surface area contributed by atoms with Crippen LogP contribution < -0.4 is 16.0 Å². The lowest BCUT2D eigenvalue weighted by Gasteiger charge is -2.33. The van der Waals surface area contributed by atoms with Crippen molar-refractivity contribution in [2.24, 2.45) is 7.05 Å². The first kappa shape index (κ1) is 18.4. The minimum Gasteiger partial charge on any atom is -0.341 e. The van der Waals surface area contributed by atoms with Crippen LogP contribution in [0.2, 0.25) is 0 Å². The molecular formula is C19H17BrN6O2. The highest BCUT2D eigenvalue weighted by Gasteiger charge is 2.25. The van der Waals surface area contributed by atoms with Gasteiger partial charge in [-0.25, -0.2) is 9.97 Å². The van der Waals surface area contributed by atoms with Crippen molar-refractivity contribution in [3.63, 3.8) is 0 Å². The number of benzene rings is 1. The summed E-state index contributed by atoms with van der Waals surface area (Å²) in [5, 5.41) is 8.87. The Balaban J connectivity index is 1.67. The van der Waals surface area contributed by atoms with Crippen molar-refractivity contribution in [2.75, 3.05) is 18.0 Å². The summed E-state index contributed by atoms with van der Waals surface area (Å²) in [6.07, 6.45) is 4.39. The second kappa shape index (κ2) is 7.20. The Kier molecular flexibility index (Phi) is 4.73. The van der Waals surface area contributed by atoms with Crippen molar-refractivity contribution in [3.05, 3.63) is 61.3 Å². The van der Waals surface area contributed by atoms with E-state index >= 15 is 0 Å². The average Bonchev–Trinajstić information content (AvgIpc) is 2.73. The van der Waals surface area contributed by atoms with E-state index in [1.54, 1.807) is 11.6 Å². The molecule has 9 heteroatoms. The number of nitrogens with zero attached hydrogens (tertiary/aromatic N) is 6. The fourth-order valence-electron chi connectivity index (χ4n) is 3.67. The first-order valence-corrected chi connectivity index (χ1v) is 9.67. The lowest BCUT2D eigenvalue weighted by molar-refractivity contribution is 0.391. The summed E-state index contributed by atoms with van der Waals surface area (Å²) in [4.78, 5) is 35.7. The van der Waals surface area contributed by atoms with E-state index in [1.807, 2.05) is 29.2 Å². The Morgan fingerprint density at radius 2 is 1.79 bits per heavy atom. The quantitative estimate of drug-likeness (QED) is 0.565. The molecule has 1 aliphatic rings. The molecule has 3 aromatic rings. The summed E-state index contributed by atoms with van der Waals surface area (Å²) in [6, 6.07) is 7.52. The van der Waals surface area contributed by atoms with Crippen LogP contribution in [0.3, 0.4) is 0 Å². The molecular weight excluding hydrogens is 424 g/mol. The first-order valence-electron chi connectivity index (χ1n) is 8.87. The summed E-state index contributed by atoms with van der Waals surface area (Å²) in [5.41, 5.74) is 0.872. The van der Waals surface area contributed by atoms with Crippen molar-refractivity contribution in [3.8, 4) is 6.07 Å². The molecule has 0 aliphatic carbocycles. The third-order valence-electron chi connectivity index (χ3n) is 5.14. The van der Waals surface area contributed by atoms with Crippen LogP contribution in [0.4, 0.5) is 5.95 Å². The predicted octanol–water partition coefficient (Wildman–Crippen LogP) is 1.97. The van der Waals surface area contributed by atoms with Crippen molar-refractivity contribution in [1.82, 2.24) is 19.1 Å². The average molecular weight is 441 g/mol. The van der Waals surface area contributed by atoms with E-state index in [0.717, 1.165) is 15.5 Å². The maximum atomic E-state index is 12.8. The van der Waals surface area contributed by atoms with E-state index in [4.69, 9.17) is 5.26 Å². The van der Waals surface area contributed by atoms with Crippen LogP contribution in [0.5, 0.6) is 0 Å². The van der Waals surface area contributed by atoms with Crippen LogP contribution in [-0.2, 0) is 7.05 Å². The minimum absolute atomic E-state index is 0.0761. The molecule has 0 amide bonds. The van der Waals surface area contributed by atoms with Gasteiger partial charge in [0.2, 0.25) is 5.95 Å². The Bertz CT molecular complexity index is 1200. The Morgan fingerprint density at radius 3 is 2.43 bits per heavy atom. The van der Waals surface area contributed by atoms with Crippen LogP contribution in [0, 0.1) is 11.3 Å². The normalized spacial score (nSPS) is 15.0. The molecule has 0 N–H and O–H groups in total. The van der Waals surface area contributed by atoms with Gasteiger partial charge < -0.3 is 9.47 Å². The maximum absolute atomic E-state index is 12.8. The smallest absolute Gasteiger partial charge is 0.317 e. The highest BCUT2D eigenvalue weighted by Crippen LogP contribution is 2.27. The third-order valence-corrected chi connectivity index (χ3v) is 5.64. The largest absolute Gasteiger partial charge is 0.341 e. The molecule has 8 nitrogen and oxygen atoms in total. The van der Waals surface area contributed by atoms with E-state index in [9.17, 15) is 9.59 Å². The van der Waals surface area contributed by atoms with E-state index in [1.165, 1.54) is 17.0 Å². The van der Waals surface area contributed by atoms with Crippen LogP contribution in [0.15, 0.2) is 44.7 Å². The second-order valence-corrected chi connectivity index (χ2v) is 7.69. The summed E-state index contributed by atoms with van der Waals surface area (Å²) in [5.74, 6) is 0.571. The molecule has 2 aromatic heterocycles. The van der Waals surface area contributed by atoms with Gasteiger partial charge in [-0.05, 0) is 31.0 Å². The van der Waals surface area contributed by atoms with Gasteiger partial charge in [0.15, 0.2) is 0 Å². The molecule has 0 saturated carbocycles. The molecule has 0 atom stereocenters. The van der Waals surface area contributed by atoms with Crippen LogP contribution in [0.1, 0.15) is 24.4 Å². The molecule has 1 fully saturated rings. The summed E-state index contributed by atoms with van der Waals surface area (Å²) < 4.78 is 3.90. The number of aromatic nitrogens is 4. The number of hydrogen-bond donors (Lipinski definition) is 0. The van der Waals surface area contributed by atoms with Crippen molar-refractivity contribution < 1.29 is 0 Å². The van der Waals surface area contributed by atoms with Gasteiger partial charge in [0.25, 0.3) is 0 Å². The van der Waals surface area contributed by atoms with E-state index < -0.39 is 11.1 Å². The van der Waals surface area contributed by atoms with Gasteiger partial charge in [-0.15, -0.1) is 0 Å². The lowest BCUT2D eigenvalue weighted by Crippen LogP contribution is -2.45. The fraction of sp³-hybridized carbons (Fsp3) is 0.316. The molecule has 4 rings (SSSR count). The third kappa shape index (κ3) is 3.10. The van der Waals surface area contributed by atoms with Crippen molar-refractivity contribution in [1.29, 1.82) is 5.26 Å². The van der Waals surface area contributed by atoms with Gasteiger partial charge in [0.05, 0.1) is 29.0 Å². The Labute approximate surface area is 168 Å². The summed E-state index contributed by atoms with van der Waals surface area (Å²) in [7, 11) is 1.62. The van der Waals surface area contributed by atoms with Gasteiger partial charge in [-0.2, -0.15) is 5.26 Å². The fourth-order valence-corrected chi connectivity index (χ4v) is 4.02. The van der Waals surface area contributed by atoms with Crippen LogP contribution in [0.25, 0.3) is 11.0 Å². The number of halogens is 1. The number of piperidine rings is 1. The number of fused-ring (bicyclic) bond motifs is 1. The zero-order chi connectivity index (χ0) is 19.8. The van der Waals surface area contributed by atoms with Gasteiger partial charge >= 0.3 is 11.1 Å². The molecule has 1 aliphatic heterocycles. The van der Waals surface area contributed by atoms with E-state index in [2.05, 4.69) is 25.9 Å². The number of hydrogen-bond acceptors (Lipinski definition) is 6. The summed E-state index contributed by atoms with van der Waals surface area (Å²) >= 11 is 3.46. The molecule has 3 heterocycles. The summed E-state index contributed by atoms with van der Waals surface area (Å²) in [6.45, 7) is 1.32. The van der Waals surface area contributed by atoms with E-state index in [-0.39, 0.29) is 6.04 Å². The van der Waals surface area contributed by atoms with Gasteiger partial charge in [0, 0.05) is 30.7 Å². The number of aryl methyl sites for hydroxylation is 1. The van der Waals surface area contributed by atoms with Crippen molar-refractivity contribution in [2.45, 2.75) is 18.9 Å². The second-order valence-electron chi connectivity index (χ2n) is 6.77. The predicted molar refractivity (Wildman–Crippen MR) is 108 cm³/mol. The Morgan fingerprint density at radius 1 is 1.11 bits per heavy atom. The van der Waals surface area contributed by atoms with Crippen LogP contribution in [-0.4, -0.2) is 32.2 Å². The zero-order valence-electron chi connectivity index (χ0n) is 15.2. The van der Waals surface area contributed by atoms with Crippen LogP contribution >= 0.6 is 15.9 Å². The molecule has 1 saturated heterocycles. The molecule has 0 bridgehead atoms. The maximum Gasteiger partial charge on any atom is 0.317 e. The Hall–Kier alpha value is -2.99. The van der Waals surface area contributed by atoms with Gasteiger partial charge in [-0.1, -0.05) is 15.9 Å². The van der Waals surface area contributed by atoms with E-state index in [0.29, 0.717) is 37.4 Å². The highest BCUT2D eigenvalue weighted by molar-refractivity contribution is 9.10. The highest BCUT2D eigenvalue weighted by atomic mass is 79.9. The minimum atomic E-state index is -0.521. The molecule has 28 heavy (non-hydrogen) atoms. The molecule has 0 unspecified atom stereocenters. The SMILES string of the molecule is Cn1c(=O)c(=O)n(C2CCN(c3ncc(C#N)cn3)CC2)c2cc(Br)ccc21. The lowest BCUT2D eigenvalue weighted by atomic mass is 10.0. The number of nitriles is 1. The number of anilines is 1. The standard InChI is InChI=1S/C19H17BrN6O2/c1-24-15-3-2-13(20)8-16(15)26(18(28)17(24)27)14-4-6-25(7-5-14)19-22-10-12(9-21)11-23-19/h2-3,8,10-11,14H,4-7H2,1H3.